The first-order chi connectivity index (χ1) is 10.2. The van der Waals surface area contributed by atoms with E-state index >= 15 is 0 Å². The molecule has 0 radical (unpaired) electrons. The summed E-state index contributed by atoms with van der Waals surface area (Å²) in [7, 11) is 0. The predicted octanol–water partition coefficient (Wildman–Crippen LogP) is 3.49. The van der Waals surface area contributed by atoms with Gasteiger partial charge in [-0.2, -0.15) is 0 Å². The van der Waals surface area contributed by atoms with Crippen molar-refractivity contribution < 1.29 is 9.90 Å². The van der Waals surface area contributed by atoms with E-state index < -0.39 is 0 Å². The Bertz CT molecular complexity index is 469. The summed E-state index contributed by atoms with van der Waals surface area (Å²) < 4.78 is 0. The molecule has 1 fully saturated rings. The lowest BCUT2D eigenvalue weighted by molar-refractivity contribution is -0.121. The molecular formula is C16H22ClNO2S. The topological polar surface area (TPSA) is 49.3 Å². The second-order valence-electron chi connectivity index (χ2n) is 5.44. The molecule has 0 spiro atoms. The Morgan fingerprint density at radius 2 is 2.10 bits per heavy atom. The molecular weight excluding hydrogens is 306 g/mol. The van der Waals surface area contributed by atoms with Crippen LogP contribution in [0.4, 0.5) is 0 Å². The van der Waals surface area contributed by atoms with Crippen LogP contribution in [0.15, 0.2) is 29.2 Å². The molecule has 1 saturated carbocycles. The van der Waals surface area contributed by atoms with Crippen molar-refractivity contribution in [3.05, 3.63) is 29.3 Å². The highest BCUT2D eigenvalue weighted by atomic mass is 35.5. The third-order valence-electron chi connectivity index (χ3n) is 3.85. The number of carbonyl (C=O) groups excluding carboxylic acids is 1. The number of amides is 1. The number of hydrogen-bond acceptors (Lipinski definition) is 3. The summed E-state index contributed by atoms with van der Waals surface area (Å²) in [6.45, 7) is 0.594. The molecule has 3 nitrogen and oxygen atoms in total. The first kappa shape index (κ1) is 16.7. The van der Waals surface area contributed by atoms with Gasteiger partial charge in [-0.05, 0) is 25.0 Å². The average Bonchev–Trinajstić information content (AvgIpc) is 2.48. The maximum absolute atomic E-state index is 11.8. The third kappa shape index (κ3) is 5.53. The van der Waals surface area contributed by atoms with E-state index in [9.17, 15) is 9.90 Å². The van der Waals surface area contributed by atoms with Gasteiger partial charge in [0, 0.05) is 29.5 Å². The number of halogens is 1. The highest BCUT2D eigenvalue weighted by Gasteiger charge is 2.23. The van der Waals surface area contributed by atoms with Crippen molar-refractivity contribution in [2.24, 2.45) is 5.92 Å². The second kappa shape index (κ2) is 8.66. The Morgan fingerprint density at radius 1 is 1.33 bits per heavy atom. The van der Waals surface area contributed by atoms with Gasteiger partial charge in [0.1, 0.15) is 0 Å². The van der Waals surface area contributed by atoms with Crippen molar-refractivity contribution >= 4 is 29.3 Å². The standard InChI is InChI=1S/C16H22ClNO2S/c17-13-6-2-4-8-15(13)21-10-9-16(20)18-11-12-5-1-3-7-14(12)19/h2,4,6,8,12,14,19H,1,3,5,7,9-11H2,(H,18,20). The second-order valence-corrected chi connectivity index (χ2v) is 6.99. The summed E-state index contributed by atoms with van der Waals surface area (Å²) in [6.07, 6.45) is 4.34. The smallest absolute Gasteiger partial charge is 0.220 e. The number of carbonyl (C=O) groups is 1. The summed E-state index contributed by atoms with van der Waals surface area (Å²) in [5.41, 5.74) is 0. The van der Waals surface area contributed by atoms with Crippen molar-refractivity contribution in [2.75, 3.05) is 12.3 Å². The highest BCUT2D eigenvalue weighted by molar-refractivity contribution is 7.99. The van der Waals surface area contributed by atoms with Crippen LogP contribution < -0.4 is 5.32 Å². The van der Waals surface area contributed by atoms with E-state index in [2.05, 4.69) is 5.32 Å². The predicted molar refractivity (Wildman–Crippen MR) is 87.8 cm³/mol. The van der Waals surface area contributed by atoms with E-state index in [1.807, 2.05) is 24.3 Å². The number of rotatable bonds is 6. The van der Waals surface area contributed by atoms with Crippen LogP contribution in [0.25, 0.3) is 0 Å². The number of aliphatic hydroxyl groups is 1. The molecule has 2 N–H and O–H groups in total. The van der Waals surface area contributed by atoms with Crippen molar-refractivity contribution in [3.8, 4) is 0 Å². The monoisotopic (exact) mass is 327 g/mol. The minimum atomic E-state index is -0.253. The van der Waals surface area contributed by atoms with Crippen LogP contribution in [0, 0.1) is 5.92 Å². The van der Waals surface area contributed by atoms with E-state index in [4.69, 9.17) is 11.6 Å². The van der Waals surface area contributed by atoms with Crippen LogP contribution in [0.5, 0.6) is 0 Å². The fraction of sp³-hybridized carbons (Fsp3) is 0.562. The highest BCUT2D eigenvalue weighted by Crippen LogP contribution is 2.27. The molecule has 21 heavy (non-hydrogen) atoms. The molecule has 2 atom stereocenters. The van der Waals surface area contributed by atoms with Crippen LogP contribution >= 0.6 is 23.4 Å². The molecule has 1 aliphatic rings. The average molecular weight is 328 g/mol. The Balaban J connectivity index is 1.64. The summed E-state index contributed by atoms with van der Waals surface area (Å²) in [5.74, 6) is 0.981. The molecule has 0 aliphatic heterocycles. The molecule has 1 aromatic carbocycles. The van der Waals surface area contributed by atoms with Gasteiger partial charge < -0.3 is 10.4 Å². The molecule has 1 aliphatic carbocycles. The lowest BCUT2D eigenvalue weighted by Crippen LogP contribution is -2.36. The van der Waals surface area contributed by atoms with Gasteiger partial charge in [-0.25, -0.2) is 0 Å². The Hall–Kier alpha value is -0.710. The normalized spacial score (nSPS) is 22.0. The summed E-state index contributed by atoms with van der Waals surface area (Å²) in [6, 6.07) is 7.66. The van der Waals surface area contributed by atoms with Crippen LogP contribution in [0.3, 0.4) is 0 Å². The number of thioether (sulfide) groups is 1. The third-order valence-corrected chi connectivity index (χ3v) is 5.37. The molecule has 0 heterocycles. The zero-order valence-corrected chi connectivity index (χ0v) is 13.6. The molecule has 0 bridgehead atoms. The molecule has 5 heteroatoms. The van der Waals surface area contributed by atoms with Crippen molar-refractivity contribution in [1.82, 2.24) is 5.32 Å². The summed E-state index contributed by atoms with van der Waals surface area (Å²) >= 11 is 7.66. The maximum atomic E-state index is 11.8. The lowest BCUT2D eigenvalue weighted by Gasteiger charge is -2.27. The number of nitrogens with one attached hydrogen (secondary N) is 1. The fourth-order valence-corrected chi connectivity index (χ4v) is 3.76. The van der Waals surface area contributed by atoms with Gasteiger partial charge >= 0.3 is 0 Å². The van der Waals surface area contributed by atoms with Crippen molar-refractivity contribution in [3.63, 3.8) is 0 Å². The zero-order chi connectivity index (χ0) is 15.1. The number of hydrogen-bond donors (Lipinski definition) is 2. The SMILES string of the molecule is O=C(CCSc1ccccc1Cl)NCC1CCCCC1O. The van der Waals surface area contributed by atoms with Gasteiger partial charge in [-0.15, -0.1) is 11.8 Å². The maximum Gasteiger partial charge on any atom is 0.220 e. The van der Waals surface area contributed by atoms with Crippen molar-refractivity contribution in [2.45, 2.75) is 43.1 Å². The van der Waals surface area contributed by atoms with Crippen molar-refractivity contribution in [1.29, 1.82) is 0 Å². The van der Waals surface area contributed by atoms with Gasteiger partial charge in [-0.3, -0.25) is 4.79 Å². The molecule has 1 aromatic rings. The molecule has 0 saturated heterocycles. The van der Waals surface area contributed by atoms with E-state index in [1.165, 1.54) is 0 Å². The molecule has 0 aromatic heterocycles. The molecule has 116 valence electrons. The van der Waals surface area contributed by atoms with Gasteiger partial charge in [0.25, 0.3) is 0 Å². The Morgan fingerprint density at radius 3 is 2.86 bits per heavy atom. The van der Waals surface area contributed by atoms with Gasteiger partial charge in [0.05, 0.1) is 11.1 Å². The first-order valence-electron chi connectivity index (χ1n) is 7.49. The quantitative estimate of drug-likeness (QED) is 0.786. The molecule has 2 rings (SSSR count). The van der Waals surface area contributed by atoms with Crippen LogP contribution in [0.2, 0.25) is 5.02 Å². The van der Waals surface area contributed by atoms with Crippen LogP contribution in [-0.2, 0) is 4.79 Å². The fourth-order valence-electron chi connectivity index (χ4n) is 2.57. The minimum absolute atomic E-state index is 0.0485. The Kier molecular flexibility index (Phi) is 6.87. The van der Waals surface area contributed by atoms with Crippen LogP contribution in [-0.4, -0.2) is 29.4 Å². The number of aliphatic hydroxyl groups excluding tert-OH is 1. The summed E-state index contributed by atoms with van der Waals surface area (Å²) in [4.78, 5) is 12.8. The number of benzene rings is 1. The molecule has 1 amide bonds. The van der Waals surface area contributed by atoms with Gasteiger partial charge in [0.2, 0.25) is 5.91 Å². The first-order valence-corrected chi connectivity index (χ1v) is 8.85. The Labute approximate surface area is 135 Å². The van der Waals surface area contributed by atoms with E-state index in [1.54, 1.807) is 11.8 Å². The van der Waals surface area contributed by atoms with Gasteiger partial charge in [-0.1, -0.05) is 36.6 Å². The largest absolute Gasteiger partial charge is 0.393 e. The molecule has 2 unspecified atom stereocenters. The zero-order valence-electron chi connectivity index (χ0n) is 12.1. The van der Waals surface area contributed by atoms with Gasteiger partial charge in [0.15, 0.2) is 0 Å². The minimum Gasteiger partial charge on any atom is -0.393 e. The summed E-state index contributed by atoms with van der Waals surface area (Å²) in [5, 5.41) is 13.5. The van der Waals surface area contributed by atoms with E-state index in [0.29, 0.717) is 18.7 Å². The van der Waals surface area contributed by atoms with Crippen LogP contribution in [0.1, 0.15) is 32.1 Å². The van der Waals surface area contributed by atoms with E-state index in [0.717, 1.165) is 35.6 Å². The lowest BCUT2D eigenvalue weighted by atomic mass is 9.86. The van der Waals surface area contributed by atoms with E-state index in [-0.39, 0.29) is 17.9 Å².